The Morgan fingerprint density at radius 1 is 1.15 bits per heavy atom. The third-order valence-electron chi connectivity index (χ3n) is 3.28. The number of aromatic hydroxyl groups is 1. The maximum absolute atomic E-state index is 12.1. The van der Waals surface area contributed by atoms with Crippen LogP contribution in [0.5, 0.6) is 5.75 Å². The molecule has 20 heavy (non-hydrogen) atoms. The zero-order chi connectivity index (χ0) is 14.3. The molecule has 3 rings (SSSR count). The first-order valence-electron chi connectivity index (χ1n) is 6.26. The number of hydrogen-bond donors (Lipinski definition) is 1. The second-order valence-electron chi connectivity index (χ2n) is 4.79. The average molecular weight is 267 g/mol. The van der Waals surface area contributed by atoms with Crippen LogP contribution in [0.3, 0.4) is 0 Å². The molecule has 0 radical (unpaired) electrons. The van der Waals surface area contributed by atoms with Crippen molar-refractivity contribution in [2.45, 2.75) is 13.8 Å². The molecule has 0 aliphatic carbocycles. The lowest BCUT2D eigenvalue weighted by Gasteiger charge is -2.07. The summed E-state index contributed by atoms with van der Waals surface area (Å²) in [5.41, 5.74) is 2.42. The smallest absolute Gasteiger partial charge is 0.230 e. The number of hydrogen-bond acceptors (Lipinski definition) is 4. The van der Waals surface area contributed by atoms with E-state index in [4.69, 9.17) is 4.42 Å². The van der Waals surface area contributed by atoms with Crippen LogP contribution in [0.15, 0.2) is 45.7 Å². The standard InChI is InChI=1S/C16H13NO3/c1-9-6-11(7-10(2)15(9)19)14-8-13(18)12-4-3-5-17-16(12)20-14/h3-8,19H,1-2H3. The Kier molecular flexibility index (Phi) is 2.79. The number of aryl methyl sites for hydroxylation is 2. The summed E-state index contributed by atoms with van der Waals surface area (Å²) < 4.78 is 5.69. The molecular formula is C16H13NO3. The summed E-state index contributed by atoms with van der Waals surface area (Å²) in [6.45, 7) is 3.62. The van der Waals surface area contributed by atoms with Crippen molar-refractivity contribution in [3.05, 3.63) is 57.9 Å². The fraction of sp³-hybridized carbons (Fsp3) is 0.125. The number of phenolic OH excluding ortho intramolecular Hbond substituents is 1. The Labute approximate surface area is 115 Å². The maximum atomic E-state index is 12.1. The van der Waals surface area contributed by atoms with E-state index in [1.165, 1.54) is 6.07 Å². The first kappa shape index (κ1) is 12.4. The van der Waals surface area contributed by atoms with E-state index in [0.29, 0.717) is 16.9 Å². The minimum absolute atomic E-state index is 0.127. The molecule has 0 spiro atoms. The van der Waals surface area contributed by atoms with Gasteiger partial charge in [0.1, 0.15) is 11.5 Å². The Bertz CT molecular complexity index is 842. The predicted molar refractivity (Wildman–Crippen MR) is 76.9 cm³/mol. The molecule has 2 heterocycles. The fourth-order valence-corrected chi connectivity index (χ4v) is 2.23. The lowest BCUT2D eigenvalue weighted by atomic mass is 10.0. The van der Waals surface area contributed by atoms with Crippen molar-refractivity contribution >= 4 is 11.1 Å². The zero-order valence-corrected chi connectivity index (χ0v) is 11.2. The summed E-state index contributed by atoms with van der Waals surface area (Å²) in [6.07, 6.45) is 1.59. The number of aromatic nitrogens is 1. The van der Waals surface area contributed by atoms with Crippen LogP contribution in [-0.4, -0.2) is 10.1 Å². The number of fused-ring (bicyclic) bond motifs is 1. The minimum Gasteiger partial charge on any atom is -0.507 e. The van der Waals surface area contributed by atoms with E-state index in [9.17, 15) is 9.90 Å². The molecular weight excluding hydrogens is 254 g/mol. The van der Waals surface area contributed by atoms with E-state index in [1.807, 2.05) is 13.8 Å². The lowest BCUT2D eigenvalue weighted by Crippen LogP contribution is -2.01. The van der Waals surface area contributed by atoms with E-state index >= 15 is 0 Å². The molecule has 0 aliphatic heterocycles. The van der Waals surface area contributed by atoms with Crippen LogP contribution in [0, 0.1) is 13.8 Å². The van der Waals surface area contributed by atoms with E-state index in [1.54, 1.807) is 30.5 Å². The van der Waals surface area contributed by atoms with Gasteiger partial charge in [-0.15, -0.1) is 0 Å². The second-order valence-corrected chi connectivity index (χ2v) is 4.79. The number of pyridine rings is 1. The van der Waals surface area contributed by atoms with Crippen LogP contribution in [0.25, 0.3) is 22.4 Å². The molecule has 0 saturated heterocycles. The van der Waals surface area contributed by atoms with Gasteiger partial charge in [0.25, 0.3) is 0 Å². The minimum atomic E-state index is -0.127. The molecule has 0 atom stereocenters. The molecule has 0 aliphatic rings. The summed E-state index contributed by atoms with van der Waals surface area (Å²) >= 11 is 0. The Morgan fingerprint density at radius 3 is 2.55 bits per heavy atom. The largest absolute Gasteiger partial charge is 0.507 e. The van der Waals surface area contributed by atoms with Gasteiger partial charge < -0.3 is 9.52 Å². The third-order valence-corrected chi connectivity index (χ3v) is 3.28. The molecule has 0 bridgehead atoms. The van der Waals surface area contributed by atoms with Crippen LogP contribution >= 0.6 is 0 Å². The van der Waals surface area contributed by atoms with Crippen LogP contribution in [0.4, 0.5) is 0 Å². The molecule has 4 nitrogen and oxygen atoms in total. The highest BCUT2D eigenvalue weighted by Gasteiger charge is 2.10. The fourth-order valence-electron chi connectivity index (χ4n) is 2.23. The highest BCUT2D eigenvalue weighted by atomic mass is 16.3. The molecule has 0 unspecified atom stereocenters. The van der Waals surface area contributed by atoms with Gasteiger partial charge >= 0.3 is 0 Å². The second kappa shape index (κ2) is 4.49. The van der Waals surface area contributed by atoms with Crippen molar-refractivity contribution in [3.8, 4) is 17.1 Å². The third kappa shape index (κ3) is 1.95. The van der Waals surface area contributed by atoms with Crippen LogP contribution in [0.2, 0.25) is 0 Å². The van der Waals surface area contributed by atoms with Crippen LogP contribution in [-0.2, 0) is 0 Å². The Balaban J connectivity index is 2.27. The van der Waals surface area contributed by atoms with Crippen molar-refractivity contribution in [1.82, 2.24) is 4.98 Å². The van der Waals surface area contributed by atoms with Gasteiger partial charge in [-0.3, -0.25) is 4.79 Å². The van der Waals surface area contributed by atoms with Gasteiger partial charge in [-0.05, 0) is 49.2 Å². The van der Waals surface area contributed by atoms with E-state index in [2.05, 4.69) is 4.98 Å². The molecule has 1 aromatic carbocycles. The summed E-state index contributed by atoms with van der Waals surface area (Å²) in [6, 6.07) is 8.42. The highest BCUT2D eigenvalue weighted by molar-refractivity contribution is 5.75. The van der Waals surface area contributed by atoms with Crippen molar-refractivity contribution in [3.63, 3.8) is 0 Å². The highest BCUT2D eigenvalue weighted by Crippen LogP contribution is 2.29. The van der Waals surface area contributed by atoms with Gasteiger partial charge in [-0.25, -0.2) is 4.98 Å². The lowest BCUT2D eigenvalue weighted by molar-refractivity contribution is 0.467. The predicted octanol–water partition coefficient (Wildman–Crippen LogP) is 3.18. The van der Waals surface area contributed by atoms with Crippen molar-refractivity contribution in [1.29, 1.82) is 0 Å². The summed E-state index contributed by atoms with van der Waals surface area (Å²) in [7, 11) is 0. The zero-order valence-electron chi connectivity index (χ0n) is 11.2. The molecule has 0 fully saturated rings. The first-order valence-corrected chi connectivity index (χ1v) is 6.26. The van der Waals surface area contributed by atoms with E-state index in [-0.39, 0.29) is 11.2 Å². The van der Waals surface area contributed by atoms with E-state index in [0.717, 1.165) is 16.7 Å². The molecule has 4 heteroatoms. The van der Waals surface area contributed by atoms with Gasteiger partial charge in [0.05, 0.1) is 5.39 Å². The molecule has 100 valence electrons. The van der Waals surface area contributed by atoms with Crippen LogP contribution < -0.4 is 5.43 Å². The molecule has 0 amide bonds. The quantitative estimate of drug-likeness (QED) is 0.735. The summed E-state index contributed by atoms with van der Waals surface area (Å²) in [5.74, 6) is 0.711. The normalized spacial score (nSPS) is 10.9. The maximum Gasteiger partial charge on any atom is 0.230 e. The van der Waals surface area contributed by atoms with Gasteiger partial charge in [0.2, 0.25) is 5.71 Å². The molecule has 3 aromatic rings. The Morgan fingerprint density at radius 2 is 1.85 bits per heavy atom. The van der Waals surface area contributed by atoms with Crippen molar-refractivity contribution in [2.75, 3.05) is 0 Å². The van der Waals surface area contributed by atoms with Crippen LogP contribution in [0.1, 0.15) is 11.1 Å². The Hall–Kier alpha value is -2.62. The molecule has 2 aromatic heterocycles. The van der Waals surface area contributed by atoms with Gasteiger partial charge in [-0.1, -0.05) is 0 Å². The summed E-state index contributed by atoms with van der Waals surface area (Å²) in [4.78, 5) is 16.1. The first-order chi connectivity index (χ1) is 9.56. The average Bonchev–Trinajstić information content (AvgIpc) is 2.44. The monoisotopic (exact) mass is 267 g/mol. The van der Waals surface area contributed by atoms with E-state index < -0.39 is 0 Å². The SMILES string of the molecule is Cc1cc(-c2cc(=O)c3cccnc3o2)cc(C)c1O. The molecule has 0 saturated carbocycles. The molecule has 1 N–H and O–H groups in total. The van der Waals surface area contributed by atoms with Gasteiger partial charge in [0.15, 0.2) is 5.43 Å². The number of nitrogens with zero attached hydrogens (tertiary/aromatic N) is 1. The van der Waals surface area contributed by atoms with Crippen molar-refractivity contribution < 1.29 is 9.52 Å². The van der Waals surface area contributed by atoms with Crippen molar-refractivity contribution in [2.24, 2.45) is 0 Å². The number of rotatable bonds is 1. The van der Waals surface area contributed by atoms with Gasteiger partial charge in [-0.2, -0.15) is 0 Å². The summed E-state index contributed by atoms with van der Waals surface area (Å²) in [5, 5.41) is 10.3. The van der Waals surface area contributed by atoms with Gasteiger partial charge in [0, 0.05) is 17.8 Å². The topological polar surface area (TPSA) is 63.3 Å². The number of phenols is 1. The number of benzene rings is 1.